The van der Waals surface area contributed by atoms with Crippen molar-refractivity contribution in [2.45, 2.75) is 63.6 Å². The van der Waals surface area contributed by atoms with Gasteiger partial charge in [0.1, 0.15) is 9.84 Å². The fourth-order valence-corrected chi connectivity index (χ4v) is 4.17. The van der Waals surface area contributed by atoms with Gasteiger partial charge in [-0.15, -0.1) is 0 Å². The summed E-state index contributed by atoms with van der Waals surface area (Å²) >= 11 is 0. The van der Waals surface area contributed by atoms with Crippen LogP contribution in [0.3, 0.4) is 0 Å². The zero-order valence-electron chi connectivity index (χ0n) is 12.3. The highest BCUT2D eigenvalue weighted by atomic mass is 32.2. The fourth-order valence-electron chi connectivity index (χ4n) is 3.63. The zero-order valence-corrected chi connectivity index (χ0v) is 13.1. The van der Waals surface area contributed by atoms with E-state index in [-0.39, 0.29) is 0 Å². The molecule has 2 heterocycles. The van der Waals surface area contributed by atoms with Crippen LogP contribution in [0.2, 0.25) is 0 Å². The van der Waals surface area contributed by atoms with Crippen LogP contribution in [0.15, 0.2) is 0 Å². The normalized spacial score (nSPS) is 32.4. The second-order valence-corrected chi connectivity index (χ2v) is 8.49. The lowest BCUT2D eigenvalue weighted by atomic mass is 9.82. The van der Waals surface area contributed by atoms with Crippen molar-refractivity contribution < 1.29 is 8.42 Å². The standard InChI is InChI=1S/C14H28N2O2S/c1-3-7-15-12-10-13-5-4-6-14(11-12)16(13)8-9-19(2,17)18/h12-15H,3-11H2,1-2H3. The summed E-state index contributed by atoms with van der Waals surface area (Å²) in [5, 5.41) is 3.65. The lowest BCUT2D eigenvalue weighted by Gasteiger charge is -2.49. The summed E-state index contributed by atoms with van der Waals surface area (Å²) in [6, 6.07) is 1.84. The third kappa shape index (κ3) is 4.43. The lowest BCUT2D eigenvalue weighted by molar-refractivity contribution is 0.0301. The Kier molecular flexibility index (Phi) is 5.26. The zero-order chi connectivity index (χ0) is 13.9. The van der Waals surface area contributed by atoms with E-state index in [1.807, 2.05) is 0 Å². The van der Waals surface area contributed by atoms with E-state index in [1.165, 1.54) is 44.8 Å². The van der Waals surface area contributed by atoms with E-state index in [1.54, 1.807) is 0 Å². The average molecular weight is 288 g/mol. The minimum absolute atomic E-state index is 0.313. The lowest BCUT2D eigenvalue weighted by Crippen LogP contribution is -2.57. The summed E-state index contributed by atoms with van der Waals surface area (Å²) in [5.41, 5.74) is 0. The van der Waals surface area contributed by atoms with Crippen molar-refractivity contribution in [1.29, 1.82) is 0 Å². The van der Waals surface area contributed by atoms with Crippen LogP contribution < -0.4 is 5.32 Å². The van der Waals surface area contributed by atoms with Crippen LogP contribution in [0.4, 0.5) is 0 Å². The van der Waals surface area contributed by atoms with Crippen LogP contribution in [0, 0.1) is 0 Å². The van der Waals surface area contributed by atoms with Crippen molar-refractivity contribution in [3.63, 3.8) is 0 Å². The van der Waals surface area contributed by atoms with Crippen molar-refractivity contribution in [2.24, 2.45) is 0 Å². The molecule has 2 atom stereocenters. The highest BCUT2D eigenvalue weighted by Crippen LogP contribution is 2.33. The molecule has 1 N–H and O–H groups in total. The van der Waals surface area contributed by atoms with Gasteiger partial charge in [0.25, 0.3) is 0 Å². The Morgan fingerprint density at radius 1 is 1.21 bits per heavy atom. The molecule has 0 aliphatic carbocycles. The number of hydrogen-bond donors (Lipinski definition) is 1. The van der Waals surface area contributed by atoms with Gasteiger partial charge in [-0.3, -0.25) is 4.90 Å². The quantitative estimate of drug-likeness (QED) is 0.803. The Morgan fingerprint density at radius 2 is 1.84 bits per heavy atom. The summed E-state index contributed by atoms with van der Waals surface area (Å²) < 4.78 is 22.7. The van der Waals surface area contributed by atoms with Gasteiger partial charge >= 0.3 is 0 Å². The van der Waals surface area contributed by atoms with Crippen molar-refractivity contribution in [2.75, 3.05) is 25.1 Å². The van der Waals surface area contributed by atoms with Gasteiger partial charge in [-0.05, 0) is 38.6 Å². The van der Waals surface area contributed by atoms with E-state index >= 15 is 0 Å². The summed E-state index contributed by atoms with van der Waals surface area (Å²) in [6.07, 6.45) is 8.71. The maximum atomic E-state index is 11.4. The first-order chi connectivity index (χ1) is 8.99. The number of nitrogens with one attached hydrogen (secondary N) is 1. The fraction of sp³-hybridized carbons (Fsp3) is 1.00. The van der Waals surface area contributed by atoms with Crippen LogP contribution in [-0.2, 0) is 9.84 Å². The highest BCUT2D eigenvalue weighted by Gasteiger charge is 2.37. The number of sulfone groups is 1. The van der Waals surface area contributed by atoms with Crippen LogP contribution in [0.5, 0.6) is 0 Å². The number of hydrogen-bond acceptors (Lipinski definition) is 4. The Balaban J connectivity index is 1.91. The van der Waals surface area contributed by atoms with Crippen molar-refractivity contribution >= 4 is 9.84 Å². The number of rotatable bonds is 6. The molecule has 2 rings (SSSR count). The molecule has 2 unspecified atom stereocenters. The SMILES string of the molecule is CCCNC1CC2CCCC(C1)N2CCS(C)(=O)=O. The van der Waals surface area contributed by atoms with Crippen molar-refractivity contribution in [3.05, 3.63) is 0 Å². The average Bonchev–Trinajstić information content (AvgIpc) is 2.32. The van der Waals surface area contributed by atoms with Gasteiger partial charge in [0.15, 0.2) is 0 Å². The molecule has 0 spiro atoms. The Hall–Kier alpha value is -0.130. The summed E-state index contributed by atoms with van der Waals surface area (Å²) in [5.74, 6) is 0.313. The van der Waals surface area contributed by atoms with E-state index in [2.05, 4.69) is 17.1 Å². The topological polar surface area (TPSA) is 49.4 Å². The maximum Gasteiger partial charge on any atom is 0.148 e. The molecule has 0 amide bonds. The molecule has 2 saturated heterocycles. The minimum atomic E-state index is -2.84. The molecule has 0 radical (unpaired) electrons. The molecule has 0 saturated carbocycles. The molecule has 0 aromatic heterocycles. The van der Waals surface area contributed by atoms with Crippen LogP contribution in [0.1, 0.15) is 45.4 Å². The van der Waals surface area contributed by atoms with Gasteiger partial charge in [0.05, 0.1) is 5.75 Å². The summed E-state index contributed by atoms with van der Waals surface area (Å²) in [6.45, 7) is 4.04. The van der Waals surface area contributed by atoms with Gasteiger partial charge < -0.3 is 5.32 Å². The van der Waals surface area contributed by atoms with Crippen LogP contribution >= 0.6 is 0 Å². The minimum Gasteiger partial charge on any atom is -0.314 e. The molecule has 0 aromatic rings. The predicted octanol–water partition coefficient (Wildman–Crippen LogP) is 1.42. The van der Waals surface area contributed by atoms with Crippen molar-refractivity contribution in [1.82, 2.24) is 10.2 Å². The smallest absolute Gasteiger partial charge is 0.148 e. The molecule has 2 bridgehead atoms. The molecular weight excluding hydrogens is 260 g/mol. The molecule has 2 aliphatic heterocycles. The largest absolute Gasteiger partial charge is 0.314 e. The van der Waals surface area contributed by atoms with E-state index in [9.17, 15) is 8.42 Å². The molecule has 4 nitrogen and oxygen atoms in total. The first-order valence-corrected chi connectivity index (χ1v) is 9.72. The number of piperidine rings is 2. The van der Waals surface area contributed by atoms with Gasteiger partial charge in [0, 0.05) is 30.9 Å². The van der Waals surface area contributed by atoms with E-state index in [4.69, 9.17) is 0 Å². The van der Waals surface area contributed by atoms with Gasteiger partial charge in [0.2, 0.25) is 0 Å². The van der Waals surface area contributed by atoms with Gasteiger partial charge in [-0.1, -0.05) is 13.3 Å². The second-order valence-electron chi connectivity index (χ2n) is 6.23. The first kappa shape index (κ1) is 15.3. The first-order valence-electron chi connectivity index (χ1n) is 7.66. The highest BCUT2D eigenvalue weighted by molar-refractivity contribution is 7.90. The van der Waals surface area contributed by atoms with Gasteiger partial charge in [-0.2, -0.15) is 0 Å². The molecule has 2 fully saturated rings. The second kappa shape index (κ2) is 6.55. The van der Waals surface area contributed by atoms with Gasteiger partial charge in [-0.25, -0.2) is 8.42 Å². The molecule has 2 aliphatic rings. The summed E-state index contributed by atoms with van der Waals surface area (Å²) in [7, 11) is -2.84. The maximum absolute atomic E-state index is 11.4. The number of fused-ring (bicyclic) bond motifs is 2. The van der Waals surface area contributed by atoms with Crippen LogP contribution in [0.25, 0.3) is 0 Å². The molecule has 19 heavy (non-hydrogen) atoms. The molecule has 112 valence electrons. The number of nitrogens with zero attached hydrogens (tertiary/aromatic N) is 1. The Labute approximate surface area is 117 Å². The molecular formula is C14H28N2O2S. The Bertz CT molecular complexity index is 369. The van der Waals surface area contributed by atoms with Crippen LogP contribution in [-0.4, -0.2) is 56.5 Å². The predicted molar refractivity (Wildman–Crippen MR) is 79.2 cm³/mol. The molecule has 0 aromatic carbocycles. The summed E-state index contributed by atoms with van der Waals surface area (Å²) in [4.78, 5) is 2.48. The third-order valence-corrected chi connectivity index (χ3v) is 5.45. The van der Waals surface area contributed by atoms with E-state index < -0.39 is 9.84 Å². The third-order valence-electron chi connectivity index (χ3n) is 4.53. The van der Waals surface area contributed by atoms with E-state index in [0.29, 0.717) is 23.9 Å². The molecule has 5 heteroatoms. The van der Waals surface area contributed by atoms with Crippen molar-refractivity contribution in [3.8, 4) is 0 Å². The monoisotopic (exact) mass is 288 g/mol. The Morgan fingerprint density at radius 3 is 2.37 bits per heavy atom. The van der Waals surface area contributed by atoms with E-state index in [0.717, 1.165) is 13.1 Å².